The number of rotatable bonds is 3. The average molecular weight is 400 g/mol. The van der Waals surface area contributed by atoms with E-state index >= 15 is 0 Å². The summed E-state index contributed by atoms with van der Waals surface area (Å²) in [5.74, 6) is 0.210. The van der Waals surface area contributed by atoms with E-state index in [1.807, 2.05) is 23.6 Å². The molecule has 1 aromatic carbocycles. The third kappa shape index (κ3) is 2.45. The van der Waals surface area contributed by atoms with Gasteiger partial charge >= 0.3 is 5.69 Å². The van der Waals surface area contributed by atoms with Gasteiger partial charge in [0.2, 0.25) is 5.78 Å². The molecule has 0 saturated heterocycles. The van der Waals surface area contributed by atoms with E-state index in [2.05, 4.69) is 4.98 Å². The van der Waals surface area contributed by atoms with Gasteiger partial charge in [-0.2, -0.15) is 4.98 Å². The zero-order valence-electron chi connectivity index (χ0n) is 15.8. The van der Waals surface area contributed by atoms with Crippen molar-refractivity contribution in [2.45, 2.75) is 26.8 Å². The minimum absolute atomic E-state index is 0.245. The van der Waals surface area contributed by atoms with E-state index in [0.29, 0.717) is 10.8 Å². The number of Topliss-reactive ketones (excluding diaryl/α,β-unsaturated/α-hetero) is 1. The van der Waals surface area contributed by atoms with Crippen molar-refractivity contribution in [2.24, 2.45) is 7.05 Å². The summed E-state index contributed by atoms with van der Waals surface area (Å²) in [6.45, 7) is 4.78. The molecule has 0 saturated carbocycles. The van der Waals surface area contributed by atoms with Crippen LogP contribution < -0.4 is 11.2 Å². The summed E-state index contributed by atoms with van der Waals surface area (Å²) in [5.41, 5.74) is 1.01. The Bertz CT molecular complexity index is 1390. The van der Waals surface area contributed by atoms with E-state index in [1.54, 1.807) is 22.7 Å². The molecule has 0 unspecified atom stereocenters. The molecular weight excluding hydrogens is 382 g/mol. The van der Waals surface area contributed by atoms with Crippen molar-refractivity contribution in [3.63, 3.8) is 0 Å². The molecule has 1 atom stereocenters. The van der Waals surface area contributed by atoms with Crippen molar-refractivity contribution in [3.05, 3.63) is 62.0 Å². The Labute approximate surface area is 164 Å². The predicted octanol–water partition coefficient (Wildman–Crippen LogP) is 2.25. The molecule has 28 heavy (non-hydrogen) atoms. The van der Waals surface area contributed by atoms with Crippen molar-refractivity contribution in [3.8, 4) is 5.69 Å². The maximum Gasteiger partial charge on any atom is 0.333 e. The Balaban J connectivity index is 2.15. The van der Waals surface area contributed by atoms with Crippen molar-refractivity contribution in [1.29, 1.82) is 0 Å². The van der Waals surface area contributed by atoms with Gasteiger partial charge in [-0.3, -0.25) is 23.1 Å². The minimum atomic E-state index is -0.864. The quantitative estimate of drug-likeness (QED) is 0.529. The van der Waals surface area contributed by atoms with Crippen LogP contribution in [0.2, 0.25) is 5.02 Å². The number of fused-ring (bicyclic) bond motifs is 3. The number of carbonyl (C=O) groups is 1. The molecule has 0 bridgehead atoms. The van der Waals surface area contributed by atoms with Gasteiger partial charge in [0.1, 0.15) is 0 Å². The fraction of sp³-hybridized carbons (Fsp3) is 0.263. The first kappa shape index (κ1) is 18.2. The van der Waals surface area contributed by atoms with Crippen LogP contribution >= 0.6 is 11.6 Å². The molecule has 0 aliphatic heterocycles. The summed E-state index contributed by atoms with van der Waals surface area (Å²) < 4.78 is 5.77. The van der Waals surface area contributed by atoms with Crippen LogP contribution in [-0.4, -0.2) is 28.9 Å². The van der Waals surface area contributed by atoms with Gasteiger partial charge in [0.15, 0.2) is 16.9 Å². The molecule has 8 nitrogen and oxygen atoms in total. The van der Waals surface area contributed by atoms with Crippen molar-refractivity contribution >= 4 is 34.3 Å². The van der Waals surface area contributed by atoms with Crippen LogP contribution in [-0.2, 0) is 11.8 Å². The Hall–Kier alpha value is -3.13. The summed E-state index contributed by atoms with van der Waals surface area (Å²) in [5, 5.41) is 0.574. The van der Waals surface area contributed by atoms with E-state index in [4.69, 9.17) is 11.6 Å². The third-order valence-corrected chi connectivity index (χ3v) is 5.25. The zero-order chi connectivity index (χ0) is 20.3. The molecule has 0 spiro atoms. The second kappa shape index (κ2) is 6.20. The lowest BCUT2D eigenvalue weighted by atomic mass is 10.2. The standard InChI is InChI=1S/C19H18ClN5O3/c1-10-9-23-15-16(21-18(23)24(10)14-7-5-6-13(20)8-14)22(4)19(28)25(17(15)27)11(2)12(3)26/h5-9,11H,1-4H3/t11-/m1/s1. The summed E-state index contributed by atoms with van der Waals surface area (Å²) in [6, 6.07) is 6.41. The van der Waals surface area contributed by atoms with Crippen LogP contribution in [0.4, 0.5) is 0 Å². The van der Waals surface area contributed by atoms with E-state index < -0.39 is 17.3 Å². The maximum absolute atomic E-state index is 13.1. The number of hydrogen-bond acceptors (Lipinski definition) is 4. The molecule has 0 aliphatic rings. The van der Waals surface area contributed by atoms with Gasteiger partial charge in [0.05, 0.1) is 11.7 Å². The van der Waals surface area contributed by atoms with Gasteiger partial charge in [-0.1, -0.05) is 17.7 Å². The van der Waals surface area contributed by atoms with E-state index in [0.717, 1.165) is 15.9 Å². The fourth-order valence-corrected chi connectivity index (χ4v) is 3.62. The topological polar surface area (TPSA) is 83.3 Å². The van der Waals surface area contributed by atoms with Crippen molar-refractivity contribution in [1.82, 2.24) is 23.1 Å². The molecule has 144 valence electrons. The number of benzene rings is 1. The smallest absolute Gasteiger partial charge is 0.298 e. The second-order valence-electron chi connectivity index (χ2n) is 6.84. The Morgan fingerprint density at radius 2 is 1.96 bits per heavy atom. The first-order valence-electron chi connectivity index (χ1n) is 8.70. The molecule has 4 rings (SSSR count). The zero-order valence-corrected chi connectivity index (χ0v) is 16.6. The normalized spacial score (nSPS) is 12.8. The van der Waals surface area contributed by atoms with Crippen LogP contribution in [0.15, 0.2) is 40.1 Å². The number of imidazole rings is 2. The van der Waals surface area contributed by atoms with Gasteiger partial charge in [0.25, 0.3) is 5.56 Å². The molecule has 9 heteroatoms. The number of hydrogen-bond donors (Lipinski definition) is 0. The van der Waals surface area contributed by atoms with Gasteiger partial charge in [-0.15, -0.1) is 0 Å². The molecule has 0 radical (unpaired) electrons. The van der Waals surface area contributed by atoms with E-state index in [9.17, 15) is 14.4 Å². The van der Waals surface area contributed by atoms with Crippen LogP contribution in [0.5, 0.6) is 0 Å². The van der Waals surface area contributed by atoms with Gasteiger partial charge in [-0.25, -0.2) is 9.36 Å². The van der Waals surface area contributed by atoms with Gasteiger partial charge in [-0.05, 0) is 39.0 Å². The fourth-order valence-electron chi connectivity index (χ4n) is 3.43. The van der Waals surface area contributed by atoms with Crippen LogP contribution in [0.3, 0.4) is 0 Å². The molecule has 4 aromatic rings. The van der Waals surface area contributed by atoms with Crippen molar-refractivity contribution < 1.29 is 4.79 Å². The highest BCUT2D eigenvalue weighted by Gasteiger charge is 2.24. The number of nitrogens with zero attached hydrogens (tertiary/aromatic N) is 5. The first-order chi connectivity index (χ1) is 13.2. The highest BCUT2D eigenvalue weighted by molar-refractivity contribution is 6.30. The predicted molar refractivity (Wildman–Crippen MR) is 107 cm³/mol. The second-order valence-corrected chi connectivity index (χ2v) is 7.28. The Kier molecular flexibility index (Phi) is 4.04. The first-order valence-corrected chi connectivity index (χ1v) is 9.08. The highest BCUT2D eigenvalue weighted by Crippen LogP contribution is 2.23. The third-order valence-electron chi connectivity index (χ3n) is 5.02. The van der Waals surface area contributed by atoms with Crippen LogP contribution in [0.25, 0.3) is 22.6 Å². The summed E-state index contributed by atoms with van der Waals surface area (Å²) >= 11 is 6.13. The molecule has 3 aromatic heterocycles. The molecule has 0 aliphatic carbocycles. The van der Waals surface area contributed by atoms with Crippen LogP contribution in [0, 0.1) is 6.92 Å². The number of halogens is 1. The van der Waals surface area contributed by atoms with Crippen molar-refractivity contribution in [2.75, 3.05) is 0 Å². The molecule has 3 heterocycles. The number of aryl methyl sites for hydroxylation is 2. The molecular formula is C19H18ClN5O3. The SMILES string of the molecule is CC(=O)[C@@H](C)n1c(=O)c2c(nc3n(-c4cccc(Cl)c4)c(C)cn23)n(C)c1=O. The van der Waals surface area contributed by atoms with Gasteiger partial charge in [0, 0.05) is 24.0 Å². The average Bonchev–Trinajstić information content (AvgIpc) is 3.14. The number of aromatic nitrogens is 5. The van der Waals surface area contributed by atoms with Crippen LogP contribution in [0.1, 0.15) is 25.6 Å². The van der Waals surface area contributed by atoms with Gasteiger partial charge < -0.3 is 0 Å². The molecule has 0 amide bonds. The lowest BCUT2D eigenvalue weighted by molar-refractivity contribution is -0.119. The highest BCUT2D eigenvalue weighted by atomic mass is 35.5. The molecule has 0 N–H and O–H groups in total. The summed E-state index contributed by atoms with van der Waals surface area (Å²) in [6.07, 6.45) is 1.78. The monoisotopic (exact) mass is 399 g/mol. The Morgan fingerprint density at radius 3 is 2.61 bits per heavy atom. The lowest BCUT2D eigenvalue weighted by Crippen LogP contribution is -2.42. The number of ketones is 1. The molecule has 0 fully saturated rings. The van der Waals surface area contributed by atoms with E-state index in [1.165, 1.54) is 25.5 Å². The number of carbonyl (C=O) groups excluding carboxylic acids is 1. The lowest BCUT2D eigenvalue weighted by Gasteiger charge is -2.12. The minimum Gasteiger partial charge on any atom is -0.298 e. The largest absolute Gasteiger partial charge is 0.333 e. The maximum atomic E-state index is 13.1. The summed E-state index contributed by atoms with van der Waals surface area (Å²) in [7, 11) is 1.54. The van der Waals surface area contributed by atoms with E-state index in [-0.39, 0.29) is 16.9 Å². The summed E-state index contributed by atoms with van der Waals surface area (Å²) in [4.78, 5) is 42.2. The Morgan fingerprint density at radius 1 is 1.25 bits per heavy atom.